The van der Waals surface area contributed by atoms with Gasteiger partial charge in [0.2, 0.25) is 5.91 Å². The average Bonchev–Trinajstić information content (AvgIpc) is 2.65. The Hall–Kier alpha value is -1.43. The number of nitrogens with two attached hydrogens (primary N) is 1. The molecular formula is C11H18N4OS. The molecule has 0 bridgehead atoms. The monoisotopic (exact) mass is 254 g/mol. The van der Waals surface area contributed by atoms with Crippen LogP contribution in [0.1, 0.15) is 32.5 Å². The summed E-state index contributed by atoms with van der Waals surface area (Å²) in [6.45, 7) is 4.27. The molecule has 1 aromatic heterocycles. The predicted molar refractivity (Wildman–Crippen MR) is 70.6 cm³/mol. The second kappa shape index (κ2) is 6.34. The summed E-state index contributed by atoms with van der Waals surface area (Å²) in [5, 5.41) is 2.91. The number of amides is 1. The van der Waals surface area contributed by atoms with Crippen molar-refractivity contribution in [1.29, 1.82) is 0 Å². The van der Waals surface area contributed by atoms with E-state index in [9.17, 15) is 4.79 Å². The molecule has 17 heavy (non-hydrogen) atoms. The molecule has 0 saturated heterocycles. The lowest BCUT2D eigenvalue weighted by Crippen LogP contribution is -2.35. The lowest BCUT2D eigenvalue weighted by molar-refractivity contribution is -0.122. The zero-order valence-electron chi connectivity index (χ0n) is 10.1. The van der Waals surface area contributed by atoms with Crippen LogP contribution in [-0.4, -0.2) is 26.5 Å². The van der Waals surface area contributed by atoms with E-state index in [-0.39, 0.29) is 23.5 Å². The summed E-state index contributed by atoms with van der Waals surface area (Å²) in [7, 11) is 0. The van der Waals surface area contributed by atoms with Gasteiger partial charge in [-0.25, -0.2) is 4.98 Å². The third-order valence-electron chi connectivity index (χ3n) is 2.38. The van der Waals surface area contributed by atoms with E-state index in [1.54, 1.807) is 17.0 Å². The molecular weight excluding hydrogens is 236 g/mol. The van der Waals surface area contributed by atoms with Crippen molar-refractivity contribution in [2.75, 3.05) is 0 Å². The molecule has 0 spiro atoms. The summed E-state index contributed by atoms with van der Waals surface area (Å²) in [6, 6.07) is 0.185. The van der Waals surface area contributed by atoms with Crippen LogP contribution < -0.4 is 11.1 Å². The van der Waals surface area contributed by atoms with E-state index in [0.717, 1.165) is 12.8 Å². The summed E-state index contributed by atoms with van der Waals surface area (Å²) in [5.41, 5.74) is 5.50. The number of imidazole rings is 1. The van der Waals surface area contributed by atoms with Gasteiger partial charge in [0, 0.05) is 18.4 Å². The molecule has 0 saturated carbocycles. The number of hydrogen-bond donors (Lipinski definition) is 2. The molecule has 6 heteroatoms. The third-order valence-corrected chi connectivity index (χ3v) is 2.56. The molecule has 1 aromatic rings. The number of thiocarbonyl (C=S) groups is 1. The number of carbonyl (C=O) groups is 1. The quantitative estimate of drug-likeness (QED) is 0.737. The predicted octanol–water partition coefficient (Wildman–Crippen LogP) is 0.822. The largest absolute Gasteiger partial charge is 0.387 e. The zero-order valence-corrected chi connectivity index (χ0v) is 11.0. The topological polar surface area (TPSA) is 72.9 Å². The van der Waals surface area contributed by atoms with Crippen molar-refractivity contribution in [3.63, 3.8) is 0 Å². The molecule has 3 N–H and O–H groups in total. The highest BCUT2D eigenvalue weighted by Gasteiger charge is 2.11. The molecule has 1 rings (SSSR count). The average molecular weight is 254 g/mol. The second-order valence-corrected chi connectivity index (χ2v) is 4.44. The summed E-state index contributed by atoms with van der Waals surface area (Å²) < 4.78 is 1.65. The Kier molecular flexibility index (Phi) is 5.09. The van der Waals surface area contributed by atoms with Gasteiger partial charge >= 0.3 is 0 Å². The Labute approximate surface area is 106 Å². The van der Waals surface area contributed by atoms with Crippen molar-refractivity contribution in [2.45, 2.75) is 39.3 Å². The fourth-order valence-electron chi connectivity index (χ4n) is 1.64. The Morgan fingerprint density at radius 2 is 2.41 bits per heavy atom. The van der Waals surface area contributed by atoms with Crippen LogP contribution in [0.15, 0.2) is 12.4 Å². The fourth-order valence-corrected chi connectivity index (χ4v) is 1.81. The van der Waals surface area contributed by atoms with Gasteiger partial charge in [0.05, 0.1) is 0 Å². The normalized spacial score (nSPS) is 12.1. The van der Waals surface area contributed by atoms with Crippen LogP contribution >= 0.6 is 12.2 Å². The van der Waals surface area contributed by atoms with E-state index in [4.69, 9.17) is 18.0 Å². The minimum Gasteiger partial charge on any atom is -0.387 e. The molecule has 1 heterocycles. The molecule has 0 aliphatic heterocycles. The number of nitrogens with zero attached hydrogens (tertiary/aromatic N) is 2. The van der Waals surface area contributed by atoms with Crippen molar-refractivity contribution in [3.05, 3.63) is 18.2 Å². The van der Waals surface area contributed by atoms with Crippen LogP contribution in [0, 0.1) is 0 Å². The highest BCUT2D eigenvalue weighted by molar-refractivity contribution is 7.80. The van der Waals surface area contributed by atoms with E-state index in [1.807, 2.05) is 6.92 Å². The SMILES string of the molecule is CCCC(C)NC(=O)Cn1ccnc1C(N)=S. The van der Waals surface area contributed by atoms with Gasteiger partial charge < -0.3 is 15.6 Å². The molecule has 0 aliphatic carbocycles. The maximum atomic E-state index is 11.7. The first-order valence-electron chi connectivity index (χ1n) is 5.65. The van der Waals surface area contributed by atoms with Gasteiger partial charge in [0.1, 0.15) is 11.5 Å². The molecule has 1 atom stereocenters. The van der Waals surface area contributed by atoms with Gasteiger partial charge in [-0.1, -0.05) is 25.6 Å². The summed E-state index contributed by atoms with van der Waals surface area (Å²) in [4.78, 5) is 15.9. The molecule has 0 aliphatic rings. The van der Waals surface area contributed by atoms with Crippen molar-refractivity contribution >= 4 is 23.1 Å². The van der Waals surface area contributed by atoms with Crippen molar-refractivity contribution in [3.8, 4) is 0 Å². The molecule has 0 radical (unpaired) electrons. The first kappa shape index (κ1) is 13.6. The van der Waals surface area contributed by atoms with Crippen LogP contribution in [-0.2, 0) is 11.3 Å². The Morgan fingerprint density at radius 1 is 1.71 bits per heavy atom. The summed E-state index contributed by atoms with van der Waals surface area (Å²) in [5.74, 6) is 0.416. The first-order chi connectivity index (χ1) is 8.04. The number of hydrogen-bond acceptors (Lipinski definition) is 3. The van der Waals surface area contributed by atoms with Crippen LogP contribution in [0.3, 0.4) is 0 Å². The zero-order chi connectivity index (χ0) is 12.8. The van der Waals surface area contributed by atoms with Gasteiger partial charge in [-0.05, 0) is 13.3 Å². The number of carbonyl (C=O) groups excluding carboxylic acids is 1. The van der Waals surface area contributed by atoms with Gasteiger partial charge in [0.25, 0.3) is 0 Å². The molecule has 1 unspecified atom stereocenters. The Bertz CT molecular complexity index is 402. The van der Waals surface area contributed by atoms with Crippen molar-refractivity contribution in [1.82, 2.24) is 14.9 Å². The smallest absolute Gasteiger partial charge is 0.240 e. The van der Waals surface area contributed by atoms with E-state index >= 15 is 0 Å². The highest BCUT2D eigenvalue weighted by Crippen LogP contribution is 1.99. The highest BCUT2D eigenvalue weighted by atomic mass is 32.1. The second-order valence-electron chi connectivity index (χ2n) is 4.00. The summed E-state index contributed by atoms with van der Waals surface area (Å²) in [6.07, 6.45) is 5.29. The Balaban J connectivity index is 2.56. The lowest BCUT2D eigenvalue weighted by Gasteiger charge is -2.13. The van der Waals surface area contributed by atoms with Crippen molar-refractivity contribution < 1.29 is 4.79 Å². The maximum absolute atomic E-state index is 11.7. The minimum absolute atomic E-state index is 0.0542. The number of nitrogens with one attached hydrogen (secondary N) is 1. The van der Waals surface area contributed by atoms with E-state index in [0.29, 0.717) is 5.82 Å². The fraction of sp³-hybridized carbons (Fsp3) is 0.545. The molecule has 0 fully saturated rings. The Morgan fingerprint density at radius 3 is 3.00 bits per heavy atom. The van der Waals surface area contributed by atoms with E-state index < -0.39 is 0 Å². The minimum atomic E-state index is -0.0542. The molecule has 0 aromatic carbocycles. The standard InChI is InChI=1S/C11H18N4OS/c1-3-4-8(2)14-9(16)7-15-6-5-13-11(15)10(12)17/h5-6,8H,3-4,7H2,1-2H3,(H2,12,17)(H,14,16). The van der Waals surface area contributed by atoms with E-state index in [1.165, 1.54) is 0 Å². The number of aromatic nitrogens is 2. The van der Waals surface area contributed by atoms with Gasteiger partial charge in [-0.2, -0.15) is 0 Å². The van der Waals surface area contributed by atoms with Gasteiger partial charge in [0.15, 0.2) is 5.82 Å². The van der Waals surface area contributed by atoms with Crippen LogP contribution in [0.2, 0.25) is 0 Å². The third kappa shape index (κ3) is 4.14. The molecule has 94 valence electrons. The lowest BCUT2D eigenvalue weighted by atomic mass is 10.2. The van der Waals surface area contributed by atoms with Crippen molar-refractivity contribution in [2.24, 2.45) is 5.73 Å². The van der Waals surface area contributed by atoms with Gasteiger partial charge in [-0.15, -0.1) is 0 Å². The van der Waals surface area contributed by atoms with Crippen LogP contribution in [0.25, 0.3) is 0 Å². The molecule has 1 amide bonds. The van der Waals surface area contributed by atoms with Crippen LogP contribution in [0.4, 0.5) is 0 Å². The number of rotatable bonds is 6. The van der Waals surface area contributed by atoms with E-state index in [2.05, 4.69) is 17.2 Å². The van der Waals surface area contributed by atoms with Crippen LogP contribution in [0.5, 0.6) is 0 Å². The summed E-state index contributed by atoms with van der Waals surface area (Å²) >= 11 is 4.85. The maximum Gasteiger partial charge on any atom is 0.240 e. The first-order valence-corrected chi connectivity index (χ1v) is 6.05. The van der Waals surface area contributed by atoms with Gasteiger partial charge in [-0.3, -0.25) is 4.79 Å². The molecule has 5 nitrogen and oxygen atoms in total.